The van der Waals surface area contributed by atoms with E-state index in [1.807, 2.05) is 36.1 Å². The minimum atomic E-state index is -0.0229. The molecule has 0 aromatic heterocycles. The second-order valence-corrected chi connectivity index (χ2v) is 6.46. The van der Waals surface area contributed by atoms with Crippen molar-refractivity contribution in [3.05, 3.63) is 29.8 Å². The molecular weight excluding hydrogens is 298 g/mol. The predicted octanol–water partition coefficient (Wildman–Crippen LogP) is 1.49. The summed E-state index contributed by atoms with van der Waals surface area (Å²) >= 11 is 1.50. The van der Waals surface area contributed by atoms with E-state index in [9.17, 15) is 9.59 Å². The SMILES string of the molecule is Cc1cccc(NC(=O)CSCCC(=O)N2CCNCC2)c1. The lowest BCUT2D eigenvalue weighted by atomic mass is 10.2. The lowest BCUT2D eigenvalue weighted by Crippen LogP contribution is -2.46. The van der Waals surface area contributed by atoms with Crippen molar-refractivity contribution in [2.24, 2.45) is 0 Å². The van der Waals surface area contributed by atoms with Crippen LogP contribution in [0.2, 0.25) is 0 Å². The first kappa shape index (κ1) is 16.8. The van der Waals surface area contributed by atoms with Crippen LogP contribution in [0.5, 0.6) is 0 Å². The summed E-state index contributed by atoms with van der Waals surface area (Å²) in [5.74, 6) is 1.23. The van der Waals surface area contributed by atoms with Crippen LogP contribution in [-0.2, 0) is 9.59 Å². The van der Waals surface area contributed by atoms with E-state index in [0.29, 0.717) is 17.9 Å². The Kier molecular flexibility index (Phi) is 6.74. The number of amides is 2. The molecule has 2 rings (SSSR count). The Morgan fingerprint density at radius 3 is 2.82 bits per heavy atom. The molecule has 120 valence electrons. The Labute approximate surface area is 135 Å². The highest BCUT2D eigenvalue weighted by Crippen LogP contribution is 2.11. The van der Waals surface area contributed by atoms with E-state index in [2.05, 4.69) is 10.6 Å². The first-order valence-electron chi connectivity index (χ1n) is 7.58. The Hall–Kier alpha value is -1.53. The van der Waals surface area contributed by atoms with Gasteiger partial charge in [-0.3, -0.25) is 9.59 Å². The minimum absolute atomic E-state index is 0.0229. The van der Waals surface area contributed by atoms with E-state index in [4.69, 9.17) is 0 Å². The number of aryl methyl sites for hydroxylation is 1. The Morgan fingerprint density at radius 2 is 2.09 bits per heavy atom. The van der Waals surface area contributed by atoms with Gasteiger partial charge in [-0.15, -0.1) is 0 Å². The van der Waals surface area contributed by atoms with Crippen molar-refractivity contribution >= 4 is 29.3 Å². The van der Waals surface area contributed by atoms with E-state index >= 15 is 0 Å². The van der Waals surface area contributed by atoms with Gasteiger partial charge >= 0.3 is 0 Å². The molecule has 1 aliphatic rings. The topological polar surface area (TPSA) is 61.4 Å². The molecule has 1 aromatic carbocycles. The number of hydrogen-bond acceptors (Lipinski definition) is 4. The van der Waals surface area contributed by atoms with Crippen molar-refractivity contribution in [2.45, 2.75) is 13.3 Å². The lowest BCUT2D eigenvalue weighted by molar-refractivity contribution is -0.131. The van der Waals surface area contributed by atoms with Crippen LogP contribution in [0.1, 0.15) is 12.0 Å². The fourth-order valence-corrected chi connectivity index (χ4v) is 3.04. The molecule has 0 radical (unpaired) electrons. The second-order valence-electron chi connectivity index (χ2n) is 5.35. The second kappa shape index (κ2) is 8.80. The molecule has 0 atom stereocenters. The molecular formula is C16H23N3O2S. The average Bonchev–Trinajstić information content (AvgIpc) is 2.52. The van der Waals surface area contributed by atoms with E-state index < -0.39 is 0 Å². The van der Waals surface area contributed by atoms with Crippen molar-refractivity contribution in [2.75, 3.05) is 43.0 Å². The summed E-state index contributed by atoms with van der Waals surface area (Å²) in [6.45, 7) is 5.32. The van der Waals surface area contributed by atoms with Gasteiger partial charge < -0.3 is 15.5 Å². The molecule has 0 spiro atoms. The molecule has 1 aliphatic heterocycles. The first-order valence-corrected chi connectivity index (χ1v) is 8.73. The average molecular weight is 321 g/mol. The van der Waals surface area contributed by atoms with Crippen LogP contribution in [0.25, 0.3) is 0 Å². The molecule has 0 unspecified atom stereocenters. The van der Waals surface area contributed by atoms with Crippen LogP contribution < -0.4 is 10.6 Å². The van der Waals surface area contributed by atoms with Crippen molar-refractivity contribution in [3.8, 4) is 0 Å². The van der Waals surface area contributed by atoms with Crippen LogP contribution in [0, 0.1) is 6.92 Å². The zero-order valence-electron chi connectivity index (χ0n) is 12.9. The maximum atomic E-state index is 12.0. The largest absolute Gasteiger partial charge is 0.340 e. The number of benzene rings is 1. The van der Waals surface area contributed by atoms with Gasteiger partial charge in [0, 0.05) is 44.0 Å². The van der Waals surface area contributed by atoms with Crippen LogP contribution in [0.3, 0.4) is 0 Å². The van der Waals surface area contributed by atoms with Crippen molar-refractivity contribution < 1.29 is 9.59 Å². The van der Waals surface area contributed by atoms with Crippen LogP contribution in [0.4, 0.5) is 5.69 Å². The van der Waals surface area contributed by atoms with Crippen LogP contribution >= 0.6 is 11.8 Å². The summed E-state index contributed by atoms with van der Waals surface area (Å²) in [7, 11) is 0. The van der Waals surface area contributed by atoms with Gasteiger partial charge in [0.25, 0.3) is 0 Å². The van der Waals surface area contributed by atoms with Gasteiger partial charge in [-0.25, -0.2) is 0 Å². The number of thioether (sulfide) groups is 1. The van der Waals surface area contributed by atoms with Crippen molar-refractivity contribution in [1.82, 2.24) is 10.2 Å². The molecule has 0 bridgehead atoms. The molecule has 1 fully saturated rings. The molecule has 2 amide bonds. The summed E-state index contributed by atoms with van der Waals surface area (Å²) in [6, 6.07) is 7.73. The molecule has 0 aliphatic carbocycles. The predicted molar refractivity (Wildman–Crippen MR) is 91.2 cm³/mol. The molecule has 1 saturated heterocycles. The molecule has 22 heavy (non-hydrogen) atoms. The molecule has 2 N–H and O–H groups in total. The molecule has 6 heteroatoms. The fourth-order valence-electron chi connectivity index (χ4n) is 2.32. The highest BCUT2D eigenvalue weighted by atomic mass is 32.2. The number of anilines is 1. The fraction of sp³-hybridized carbons (Fsp3) is 0.500. The smallest absolute Gasteiger partial charge is 0.234 e. The summed E-state index contributed by atoms with van der Waals surface area (Å²) in [5, 5.41) is 6.10. The van der Waals surface area contributed by atoms with Gasteiger partial charge in [0.05, 0.1) is 5.75 Å². The standard InChI is InChI=1S/C16H23N3O2S/c1-13-3-2-4-14(11-13)18-15(20)12-22-10-5-16(21)19-8-6-17-7-9-19/h2-4,11,17H,5-10,12H2,1H3,(H,18,20). The van der Waals surface area contributed by atoms with Gasteiger partial charge in [0.15, 0.2) is 0 Å². The number of nitrogens with zero attached hydrogens (tertiary/aromatic N) is 1. The number of rotatable bonds is 6. The van der Waals surface area contributed by atoms with E-state index in [-0.39, 0.29) is 11.8 Å². The van der Waals surface area contributed by atoms with Gasteiger partial charge in [0.2, 0.25) is 11.8 Å². The monoisotopic (exact) mass is 321 g/mol. The molecule has 1 aromatic rings. The number of piperazine rings is 1. The Balaban J connectivity index is 1.61. The lowest BCUT2D eigenvalue weighted by Gasteiger charge is -2.27. The summed E-state index contributed by atoms with van der Waals surface area (Å²) in [5.41, 5.74) is 1.94. The molecule has 1 heterocycles. The zero-order valence-corrected chi connectivity index (χ0v) is 13.7. The number of nitrogens with one attached hydrogen (secondary N) is 2. The van der Waals surface area contributed by atoms with Crippen LogP contribution in [-0.4, -0.2) is 54.4 Å². The normalized spacial score (nSPS) is 14.7. The third-order valence-electron chi connectivity index (χ3n) is 3.46. The Bertz CT molecular complexity index is 516. The highest BCUT2D eigenvalue weighted by Gasteiger charge is 2.15. The van der Waals surface area contributed by atoms with E-state index in [0.717, 1.165) is 37.4 Å². The number of carbonyl (C=O) groups excluding carboxylic acids is 2. The maximum Gasteiger partial charge on any atom is 0.234 e. The van der Waals surface area contributed by atoms with Gasteiger partial charge in [-0.05, 0) is 24.6 Å². The Morgan fingerprint density at radius 1 is 1.32 bits per heavy atom. The van der Waals surface area contributed by atoms with Crippen molar-refractivity contribution in [1.29, 1.82) is 0 Å². The summed E-state index contributed by atoms with van der Waals surface area (Å²) in [6.07, 6.45) is 0.502. The van der Waals surface area contributed by atoms with Gasteiger partial charge in [-0.1, -0.05) is 12.1 Å². The number of hydrogen-bond donors (Lipinski definition) is 2. The first-order chi connectivity index (χ1) is 10.6. The molecule has 0 saturated carbocycles. The third-order valence-corrected chi connectivity index (χ3v) is 4.42. The van der Waals surface area contributed by atoms with Crippen LogP contribution in [0.15, 0.2) is 24.3 Å². The van der Waals surface area contributed by atoms with Gasteiger partial charge in [0.1, 0.15) is 0 Å². The molecule has 5 nitrogen and oxygen atoms in total. The summed E-state index contributed by atoms with van der Waals surface area (Å²) < 4.78 is 0. The maximum absolute atomic E-state index is 12.0. The quantitative estimate of drug-likeness (QED) is 0.779. The van der Waals surface area contributed by atoms with Crippen molar-refractivity contribution in [3.63, 3.8) is 0 Å². The third kappa shape index (κ3) is 5.69. The zero-order chi connectivity index (χ0) is 15.8. The minimum Gasteiger partial charge on any atom is -0.340 e. The van der Waals surface area contributed by atoms with E-state index in [1.165, 1.54) is 11.8 Å². The van der Waals surface area contributed by atoms with E-state index in [1.54, 1.807) is 0 Å². The van der Waals surface area contributed by atoms with Gasteiger partial charge in [-0.2, -0.15) is 11.8 Å². The highest BCUT2D eigenvalue weighted by molar-refractivity contribution is 7.99. The number of carbonyl (C=O) groups is 2. The summed E-state index contributed by atoms with van der Waals surface area (Å²) in [4.78, 5) is 25.7.